The third kappa shape index (κ3) is 6.93. The second-order valence-electron chi connectivity index (χ2n) is 22.3. The Kier molecular flexibility index (Phi) is 9.83. The Morgan fingerprint density at radius 1 is 0.253 bits per heavy atom. The zero-order chi connectivity index (χ0) is 54.3. The van der Waals surface area contributed by atoms with Gasteiger partial charge in [-0.2, -0.15) is 0 Å². The molecule has 2 aliphatic heterocycles. The molecule has 5 nitrogen and oxygen atoms in total. The molecule has 0 aliphatic carbocycles. The van der Waals surface area contributed by atoms with Crippen molar-refractivity contribution in [3.05, 3.63) is 280 Å². The van der Waals surface area contributed by atoms with Crippen molar-refractivity contribution in [1.29, 1.82) is 0 Å². The number of anilines is 6. The zero-order valence-corrected chi connectivity index (χ0v) is 44.9. The van der Waals surface area contributed by atoms with Gasteiger partial charge in [0.2, 0.25) is 0 Å². The molecule has 1 aromatic heterocycles. The van der Waals surface area contributed by atoms with E-state index in [1.165, 1.54) is 81.0 Å². The van der Waals surface area contributed by atoms with Gasteiger partial charge in [-0.25, -0.2) is 15.0 Å². The summed E-state index contributed by atoms with van der Waals surface area (Å²) in [5.41, 5.74) is 20.3. The Labute approximate surface area is 479 Å². The van der Waals surface area contributed by atoms with Gasteiger partial charge in [-0.15, -0.1) is 0 Å². The van der Waals surface area contributed by atoms with E-state index in [1.54, 1.807) is 12.7 Å². The van der Waals surface area contributed by atoms with Gasteiger partial charge in [-0.05, 0) is 186 Å². The topological polar surface area (TPSA) is 45.2 Å². The van der Waals surface area contributed by atoms with Crippen molar-refractivity contribution < 1.29 is 0 Å². The van der Waals surface area contributed by atoms with E-state index in [9.17, 15) is 0 Å². The monoisotopic (exact) mass is 1050 g/mol. The van der Waals surface area contributed by atoms with Crippen LogP contribution in [0.3, 0.4) is 0 Å². The van der Waals surface area contributed by atoms with Crippen LogP contribution in [0.1, 0.15) is 0 Å². The molecule has 2 aliphatic rings. The zero-order valence-electron chi connectivity index (χ0n) is 44.9. The van der Waals surface area contributed by atoms with Crippen LogP contribution in [0.4, 0.5) is 34.1 Å². The number of aromatic nitrogens is 3. The predicted molar refractivity (Wildman–Crippen MR) is 348 cm³/mol. The van der Waals surface area contributed by atoms with E-state index in [1.807, 2.05) is 0 Å². The molecular formula is C77H46BN5. The Bertz CT molecular complexity index is 4810. The van der Waals surface area contributed by atoms with E-state index in [-0.39, 0.29) is 6.71 Å². The standard InChI is InChI=1S/C77H46BN5/c1-5-15-47(16-6-1)57-35-58(48-17-7-2-8-18-48)38-62(37-57)82-66-41-55-29-27-51-23-13-25-53-31-33-64(72(55)70(51)53)74(66)78-75-65-34-32-54-26-14-24-52-28-30-56(73(65)71(52)54)42-67(75)83(69-44-61(43-68(82)76(69)78)77-80-45-79-46-81-77)63-39-59(49-19-9-3-10-20-49)36-60(40-63)50-21-11-4-12-22-50/h1-46H. The predicted octanol–water partition coefficient (Wildman–Crippen LogP) is 18.1. The molecule has 0 N–H and O–H groups in total. The molecule has 382 valence electrons. The quantitative estimate of drug-likeness (QED) is 0.118. The molecule has 0 bridgehead atoms. The van der Waals surface area contributed by atoms with Crippen LogP contribution in [0.25, 0.3) is 121 Å². The van der Waals surface area contributed by atoms with Crippen LogP contribution in [0.15, 0.2) is 280 Å². The van der Waals surface area contributed by atoms with Crippen LogP contribution < -0.4 is 26.2 Å². The molecule has 0 saturated carbocycles. The lowest BCUT2D eigenvalue weighted by Crippen LogP contribution is -2.61. The fourth-order valence-electron chi connectivity index (χ4n) is 14.3. The second-order valence-corrected chi connectivity index (χ2v) is 22.3. The molecule has 83 heavy (non-hydrogen) atoms. The van der Waals surface area contributed by atoms with Gasteiger partial charge >= 0.3 is 0 Å². The van der Waals surface area contributed by atoms with Crippen molar-refractivity contribution in [3.8, 4) is 55.9 Å². The van der Waals surface area contributed by atoms with E-state index in [4.69, 9.17) is 9.97 Å². The van der Waals surface area contributed by atoms with E-state index < -0.39 is 0 Å². The Morgan fingerprint density at radius 2 is 0.602 bits per heavy atom. The van der Waals surface area contributed by atoms with Gasteiger partial charge in [0.25, 0.3) is 6.71 Å². The summed E-state index contributed by atoms with van der Waals surface area (Å²) in [6, 6.07) is 99.7. The lowest BCUT2D eigenvalue weighted by atomic mass is 9.32. The summed E-state index contributed by atoms with van der Waals surface area (Å²) in [4.78, 5) is 19.4. The molecule has 0 atom stereocenters. The van der Waals surface area contributed by atoms with Gasteiger partial charge in [0, 0.05) is 39.7 Å². The summed E-state index contributed by atoms with van der Waals surface area (Å²) < 4.78 is 0. The average Bonchev–Trinajstić information content (AvgIpc) is 3.73. The van der Waals surface area contributed by atoms with E-state index >= 15 is 0 Å². The maximum absolute atomic E-state index is 4.94. The van der Waals surface area contributed by atoms with Crippen LogP contribution in [0.5, 0.6) is 0 Å². The van der Waals surface area contributed by atoms with Gasteiger partial charge in [0.05, 0.1) is 0 Å². The van der Waals surface area contributed by atoms with Crippen molar-refractivity contribution in [2.24, 2.45) is 0 Å². The normalized spacial score (nSPS) is 12.7. The molecule has 3 heterocycles. The molecule has 18 rings (SSSR count). The maximum Gasteiger partial charge on any atom is 0.253 e. The number of benzene rings is 15. The van der Waals surface area contributed by atoms with Crippen LogP contribution in [0, 0.1) is 0 Å². The first kappa shape index (κ1) is 45.9. The van der Waals surface area contributed by atoms with E-state index in [0.29, 0.717) is 5.82 Å². The SMILES string of the molecule is c1ccc(-c2cc(-c3ccccc3)cc(N3c4cc(-c5ncncn5)cc5c4B(c4c3cc3ccc6cccc7ccc4c3c67)c3c(cc4ccc6cccc7ccc3c4c67)N5c3cc(-c4ccccc4)cc(-c4ccccc4)c3)c2)cc1. The molecule has 0 saturated heterocycles. The van der Waals surface area contributed by atoms with Gasteiger partial charge < -0.3 is 9.80 Å². The Hall–Kier alpha value is -10.9. The number of fused-ring (bicyclic) bond motifs is 6. The summed E-state index contributed by atoms with van der Waals surface area (Å²) in [6.07, 6.45) is 3.23. The summed E-state index contributed by atoms with van der Waals surface area (Å²) in [5.74, 6) is 0.601. The van der Waals surface area contributed by atoms with Crippen molar-refractivity contribution in [1.82, 2.24) is 15.0 Å². The molecule has 0 spiro atoms. The molecule has 6 heteroatoms. The van der Waals surface area contributed by atoms with Crippen LogP contribution in [-0.2, 0) is 0 Å². The highest BCUT2D eigenvalue weighted by Crippen LogP contribution is 2.52. The third-order valence-corrected chi connectivity index (χ3v) is 17.8. The molecule has 0 unspecified atom stereocenters. The van der Waals surface area contributed by atoms with Crippen LogP contribution in [0.2, 0.25) is 0 Å². The number of nitrogens with zero attached hydrogens (tertiary/aromatic N) is 5. The van der Waals surface area contributed by atoms with Crippen molar-refractivity contribution in [2.75, 3.05) is 9.80 Å². The lowest BCUT2D eigenvalue weighted by Gasteiger charge is -2.45. The lowest BCUT2D eigenvalue weighted by molar-refractivity contribution is 1.05. The summed E-state index contributed by atoms with van der Waals surface area (Å²) in [7, 11) is 0. The van der Waals surface area contributed by atoms with Gasteiger partial charge in [0.1, 0.15) is 12.7 Å². The highest BCUT2D eigenvalue weighted by molar-refractivity contribution is 7.03. The summed E-state index contributed by atoms with van der Waals surface area (Å²) in [6.45, 7) is -0.240. The number of hydrogen-bond donors (Lipinski definition) is 0. The summed E-state index contributed by atoms with van der Waals surface area (Å²) >= 11 is 0. The minimum absolute atomic E-state index is 0.240. The molecule has 0 radical (unpaired) electrons. The minimum Gasteiger partial charge on any atom is -0.311 e. The third-order valence-electron chi connectivity index (χ3n) is 17.8. The largest absolute Gasteiger partial charge is 0.311 e. The highest BCUT2D eigenvalue weighted by atomic mass is 15.2. The summed E-state index contributed by atoms with van der Waals surface area (Å²) in [5, 5.41) is 15.0. The molecule has 15 aromatic carbocycles. The van der Waals surface area contributed by atoms with Gasteiger partial charge in [0.15, 0.2) is 5.82 Å². The Balaban J connectivity index is 1.04. The average molecular weight is 1050 g/mol. The van der Waals surface area contributed by atoms with Crippen LogP contribution in [-0.4, -0.2) is 21.7 Å². The van der Waals surface area contributed by atoms with Crippen LogP contribution >= 0.6 is 0 Å². The first-order chi connectivity index (χ1) is 41.1. The number of rotatable bonds is 7. The van der Waals surface area contributed by atoms with E-state index in [0.717, 1.165) is 84.2 Å². The smallest absolute Gasteiger partial charge is 0.253 e. The Morgan fingerprint density at radius 3 is 0.988 bits per heavy atom. The molecule has 0 fully saturated rings. The molecule has 16 aromatic rings. The van der Waals surface area contributed by atoms with Crippen molar-refractivity contribution >= 4 is 122 Å². The van der Waals surface area contributed by atoms with Gasteiger partial charge in [-0.1, -0.05) is 206 Å². The van der Waals surface area contributed by atoms with Gasteiger partial charge in [-0.3, -0.25) is 0 Å². The van der Waals surface area contributed by atoms with E-state index in [2.05, 4.69) is 282 Å². The minimum atomic E-state index is -0.240. The maximum atomic E-state index is 4.94. The fourth-order valence-corrected chi connectivity index (χ4v) is 14.3. The first-order valence-electron chi connectivity index (χ1n) is 28.5. The van der Waals surface area contributed by atoms with Crippen molar-refractivity contribution in [2.45, 2.75) is 0 Å². The second kappa shape index (κ2) is 17.8. The molecule has 0 amide bonds. The number of hydrogen-bond acceptors (Lipinski definition) is 5. The highest BCUT2D eigenvalue weighted by Gasteiger charge is 2.46. The first-order valence-corrected chi connectivity index (χ1v) is 28.5. The van der Waals surface area contributed by atoms with Crippen molar-refractivity contribution in [3.63, 3.8) is 0 Å². The fraction of sp³-hybridized carbons (Fsp3) is 0. The molecular weight excluding hydrogens is 1010 g/mol.